The van der Waals surface area contributed by atoms with Crippen molar-refractivity contribution in [1.29, 1.82) is 0 Å². The number of carboxylic acids is 1. The first-order chi connectivity index (χ1) is 17.0. The lowest BCUT2D eigenvalue weighted by atomic mass is 9.84. The molecule has 1 unspecified atom stereocenters. The molecule has 0 aliphatic carbocycles. The molecule has 10 heteroatoms. The number of hydrogen-bond acceptors (Lipinski definition) is 7. The molecule has 0 bridgehead atoms. The molecule has 1 aromatic carbocycles. The number of anilines is 1. The van der Waals surface area contributed by atoms with Gasteiger partial charge in [0.25, 0.3) is 0 Å². The van der Waals surface area contributed by atoms with Gasteiger partial charge in [0.15, 0.2) is 6.04 Å². The number of amides is 1. The molecule has 0 spiro atoms. The van der Waals surface area contributed by atoms with Crippen LogP contribution >= 0.6 is 11.6 Å². The Morgan fingerprint density at radius 3 is 2.33 bits per heavy atom. The Morgan fingerprint density at radius 1 is 1.17 bits per heavy atom. The van der Waals surface area contributed by atoms with Gasteiger partial charge in [-0.05, 0) is 69.6 Å². The van der Waals surface area contributed by atoms with E-state index in [-0.39, 0.29) is 0 Å². The van der Waals surface area contributed by atoms with Crippen LogP contribution in [0.2, 0.25) is 5.02 Å². The normalized spacial score (nSPS) is 16.2. The Bertz CT molecular complexity index is 1000. The van der Waals surface area contributed by atoms with E-state index in [0.717, 1.165) is 38.3 Å². The summed E-state index contributed by atoms with van der Waals surface area (Å²) in [6.07, 6.45) is 5.54. The average molecular weight is 519 g/mol. The van der Waals surface area contributed by atoms with E-state index in [1.165, 1.54) is 0 Å². The van der Waals surface area contributed by atoms with E-state index in [2.05, 4.69) is 27.1 Å². The molecule has 196 valence electrons. The number of aromatic nitrogens is 2. The van der Waals surface area contributed by atoms with Crippen molar-refractivity contribution in [2.24, 2.45) is 11.8 Å². The van der Waals surface area contributed by atoms with Crippen LogP contribution in [-0.2, 0) is 9.53 Å². The fourth-order valence-corrected chi connectivity index (χ4v) is 4.30. The number of rotatable bonds is 9. The second-order valence-electron chi connectivity index (χ2n) is 10.1. The number of aliphatic carboxylic acids is 1. The highest BCUT2D eigenvalue weighted by molar-refractivity contribution is 6.30. The van der Waals surface area contributed by atoms with Crippen molar-refractivity contribution >= 4 is 29.6 Å². The largest absolute Gasteiger partial charge is 0.494 e. The number of piperidine rings is 1. The maximum Gasteiger partial charge on any atom is 0.408 e. The van der Waals surface area contributed by atoms with E-state index in [9.17, 15) is 14.7 Å². The summed E-state index contributed by atoms with van der Waals surface area (Å²) >= 11 is 5.88. The number of nitrogens with one attached hydrogen (secondary N) is 1. The van der Waals surface area contributed by atoms with E-state index >= 15 is 0 Å². The van der Waals surface area contributed by atoms with Gasteiger partial charge in [0.1, 0.15) is 11.4 Å². The van der Waals surface area contributed by atoms with E-state index in [1.54, 1.807) is 57.4 Å². The zero-order chi connectivity index (χ0) is 26.3. The van der Waals surface area contributed by atoms with Crippen molar-refractivity contribution in [3.63, 3.8) is 0 Å². The molecule has 0 saturated carbocycles. The maximum absolute atomic E-state index is 12.0. The van der Waals surface area contributed by atoms with Crippen LogP contribution < -0.4 is 15.0 Å². The molecule has 1 fully saturated rings. The second-order valence-corrected chi connectivity index (χ2v) is 10.6. The first kappa shape index (κ1) is 27.5. The summed E-state index contributed by atoms with van der Waals surface area (Å²) in [7, 11) is 0. The van der Waals surface area contributed by atoms with Crippen molar-refractivity contribution in [3.8, 4) is 5.75 Å². The molecule has 2 N–H and O–H groups in total. The van der Waals surface area contributed by atoms with Gasteiger partial charge in [-0.3, -0.25) is 0 Å². The number of nitrogens with zero attached hydrogens (tertiary/aromatic N) is 3. The predicted octanol–water partition coefficient (Wildman–Crippen LogP) is 5.10. The van der Waals surface area contributed by atoms with Crippen LogP contribution in [0.3, 0.4) is 0 Å². The van der Waals surface area contributed by atoms with E-state index in [0.29, 0.717) is 34.8 Å². The Balaban J connectivity index is 1.44. The Labute approximate surface area is 217 Å². The molecule has 1 aliphatic heterocycles. The second kappa shape index (κ2) is 12.3. The molecule has 2 heterocycles. The summed E-state index contributed by atoms with van der Waals surface area (Å²) in [4.78, 5) is 34.5. The number of carboxylic acid groups (broad SMARTS) is 1. The minimum atomic E-state index is -1.21. The van der Waals surface area contributed by atoms with Gasteiger partial charge in [0.2, 0.25) is 5.95 Å². The third-order valence-electron chi connectivity index (χ3n) is 6.20. The van der Waals surface area contributed by atoms with Gasteiger partial charge in [-0.2, -0.15) is 0 Å². The van der Waals surface area contributed by atoms with Crippen molar-refractivity contribution in [2.75, 3.05) is 24.6 Å². The zero-order valence-electron chi connectivity index (χ0n) is 21.2. The van der Waals surface area contributed by atoms with Crippen LogP contribution in [0.4, 0.5) is 10.7 Å². The Kier molecular flexibility index (Phi) is 9.37. The molecule has 1 aliphatic rings. The maximum atomic E-state index is 12.0. The third-order valence-corrected chi connectivity index (χ3v) is 6.39. The van der Waals surface area contributed by atoms with Crippen LogP contribution in [0.25, 0.3) is 0 Å². The highest BCUT2D eigenvalue weighted by Crippen LogP contribution is 2.29. The van der Waals surface area contributed by atoms with Gasteiger partial charge in [-0.25, -0.2) is 19.6 Å². The molecular formula is C26H35ClN4O5. The van der Waals surface area contributed by atoms with E-state index in [4.69, 9.17) is 21.1 Å². The molecule has 1 saturated heterocycles. The van der Waals surface area contributed by atoms with Crippen LogP contribution in [0, 0.1) is 11.8 Å². The summed E-state index contributed by atoms with van der Waals surface area (Å²) in [5, 5.41) is 12.5. The SMILES string of the molecule is C[C@H](CCOc1ccc(C(NC(=O)OC(C)(C)C)C(=O)O)cc1)C1CCN(c2ncc(Cl)cn2)CC1. The molecule has 2 aromatic rings. The fraction of sp³-hybridized carbons (Fsp3) is 0.538. The van der Waals surface area contributed by atoms with Crippen molar-refractivity contribution in [2.45, 2.75) is 58.6 Å². The van der Waals surface area contributed by atoms with Crippen LogP contribution in [0.5, 0.6) is 5.75 Å². The lowest BCUT2D eigenvalue weighted by molar-refractivity contribution is -0.139. The van der Waals surface area contributed by atoms with Gasteiger partial charge in [0, 0.05) is 13.1 Å². The quantitative estimate of drug-likeness (QED) is 0.471. The van der Waals surface area contributed by atoms with E-state index in [1.807, 2.05) is 0 Å². The Morgan fingerprint density at radius 2 is 1.78 bits per heavy atom. The highest BCUT2D eigenvalue weighted by atomic mass is 35.5. The van der Waals surface area contributed by atoms with Crippen LogP contribution in [-0.4, -0.2) is 52.4 Å². The lowest BCUT2D eigenvalue weighted by Crippen LogP contribution is -2.38. The number of halogens is 1. The molecule has 36 heavy (non-hydrogen) atoms. The number of carbonyl (C=O) groups is 2. The molecule has 1 aromatic heterocycles. The molecule has 2 atom stereocenters. The minimum absolute atomic E-state index is 0.436. The first-order valence-electron chi connectivity index (χ1n) is 12.2. The number of benzene rings is 1. The lowest BCUT2D eigenvalue weighted by Gasteiger charge is -2.34. The smallest absolute Gasteiger partial charge is 0.408 e. The third kappa shape index (κ3) is 8.26. The number of carbonyl (C=O) groups excluding carboxylic acids is 1. The summed E-state index contributed by atoms with van der Waals surface area (Å²) < 4.78 is 11.1. The molecule has 3 rings (SSSR count). The Hall–Kier alpha value is -3.07. The number of ether oxygens (including phenoxy) is 2. The highest BCUT2D eigenvalue weighted by Gasteiger charge is 2.26. The molecule has 1 amide bonds. The summed E-state index contributed by atoms with van der Waals surface area (Å²) in [5.74, 6) is 1.32. The van der Waals surface area contributed by atoms with Crippen LogP contribution in [0.1, 0.15) is 58.6 Å². The average Bonchev–Trinajstić information content (AvgIpc) is 2.82. The topological polar surface area (TPSA) is 114 Å². The molecule has 9 nitrogen and oxygen atoms in total. The first-order valence-corrected chi connectivity index (χ1v) is 12.6. The zero-order valence-corrected chi connectivity index (χ0v) is 22.0. The van der Waals surface area contributed by atoms with Crippen LogP contribution in [0.15, 0.2) is 36.7 Å². The number of hydrogen-bond donors (Lipinski definition) is 2. The minimum Gasteiger partial charge on any atom is -0.494 e. The summed E-state index contributed by atoms with van der Waals surface area (Å²) in [6.45, 7) is 9.81. The van der Waals surface area contributed by atoms with Crippen molar-refractivity contribution < 1.29 is 24.2 Å². The van der Waals surface area contributed by atoms with E-state index < -0.39 is 23.7 Å². The molecular weight excluding hydrogens is 484 g/mol. The van der Waals surface area contributed by atoms with Gasteiger partial charge >= 0.3 is 12.1 Å². The van der Waals surface area contributed by atoms with Crippen molar-refractivity contribution in [1.82, 2.24) is 15.3 Å². The van der Waals surface area contributed by atoms with Gasteiger partial charge in [-0.1, -0.05) is 30.7 Å². The number of alkyl carbamates (subject to hydrolysis) is 1. The monoisotopic (exact) mass is 518 g/mol. The summed E-state index contributed by atoms with van der Waals surface area (Å²) in [5.41, 5.74) is -0.283. The standard InChI is InChI=1S/C26H35ClN4O5/c1-17(18-9-12-31(13-10-18)24-28-15-20(27)16-29-24)11-14-35-21-7-5-19(6-8-21)22(23(32)33)30-25(34)36-26(2,3)4/h5-8,15-18,22H,9-14H2,1-4H3,(H,30,34)(H,32,33)/t17-,22?/m1/s1. The van der Waals surface area contributed by atoms with Gasteiger partial charge in [0.05, 0.1) is 24.0 Å². The van der Waals surface area contributed by atoms with Gasteiger partial charge < -0.3 is 24.8 Å². The molecule has 0 radical (unpaired) electrons. The van der Waals surface area contributed by atoms with Crippen molar-refractivity contribution in [3.05, 3.63) is 47.2 Å². The van der Waals surface area contributed by atoms with Gasteiger partial charge in [-0.15, -0.1) is 0 Å². The predicted molar refractivity (Wildman–Crippen MR) is 137 cm³/mol. The fourth-order valence-electron chi connectivity index (χ4n) is 4.21. The summed E-state index contributed by atoms with van der Waals surface area (Å²) in [6, 6.07) is 5.51.